The van der Waals surface area contributed by atoms with Crippen molar-refractivity contribution in [2.75, 3.05) is 0 Å². The molecule has 116 valence electrons. The van der Waals surface area contributed by atoms with E-state index in [4.69, 9.17) is 4.74 Å². The molecule has 0 aliphatic carbocycles. The molecule has 2 aromatic carbocycles. The molecule has 0 fully saturated rings. The van der Waals surface area contributed by atoms with E-state index >= 15 is 0 Å². The van der Waals surface area contributed by atoms with Crippen LogP contribution in [0.3, 0.4) is 0 Å². The van der Waals surface area contributed by atoms with Crippen LogP contribution in [0.2, 0.25) is 0 Å². The number of carbonyl (C=O) groups is 1. The minimum Gasteiger partial charge on any atom is -0.422 e. The zero-order chi connectivity index (χ0) is 16.5. The summed E-state index contributed by atoms with van der Waals surface area (Å²) in [6.07, 6.45) is 6.99. The van der Waals surface area contributed by atoms with Crippen LogP contribution in [0.25, 0.3) is 22.6 Å². The van der Waals surface area contributed by atoms with Crippen molar-refractivity contribution in [1.82, 2.24) is 4.98 Å². The lowest BCUT2D eigenvalue weighted by molar-refractivity contribution is -0.130. The molecule has 1 aliphatic rings. The maximum absolute atomic E-state index is 12.1. The topological polar surface area (TPSA) is 39.2 Å². The first-order valence-electron chi connectivity index (χ1n) is 7.75. The van der Waals surface area contributed by atoms with E-state index in [1.165, 1.54) is 10.9 Å². The molecule has 0 saturated heterocycles. The number of cyclic esters (lactones) is 1. The molecule has 24 heavy (non-hydrogen) atoms. The zero-order valence-electron chi connectivity index (χ0n) is 13.2. The van der Waals surface area contributed by atoms with Gasteiger partial charge in [0, 0.05) is 18.0 Å². The van der Waals surface area contributed by atoms with Crippen LogP contribution in [0, 0.1) is 6.92 Å². The highest BCUT2D eigenvalue weighted by atomic mass is 16.5. The number of benzene rings is 2. The Morgan fingerprint density at radius 1 is 0.958 bits per heavy atom. The summed E-state index contributed by atoms with van der Waals surface area (Å²) in [6, 6.07) is 16.1. The second kappa shape index (κ2) is 5.78. The van der Waals surface area contributed by atoms with Gasteiger partial charge < -0.3 is 4.74 Å². The molecule has 0 saturated carbocycles. The number of hydrogen-bond donors (Lipinski definition) is 0. The average molecular weight is 313 g/mol. The maximum Gasteiger partial charge on any atom is 0.343 e. The summed E-state index contributed by atoms with van der Waals surface area (Å²) in [7, 11) is 0. The van der Waals surface area contributed by atoms with Crippen molar-refractivity contribution in [3.8, 4) is 0 Å². The van der Waals surface area contributed by atoms with Crippen molar-refractivity contribution in [2.45, 2.75) is 6.92 Å². The van der Waals surface area contributed by atoms with Gasteiger partial charge in [0.15, 0.2) is 0 Å². The Morgan fingerprint density at radius 2 is 1.71 bits per heavy atom. The minimum atomic E-state index is -0.328. The van der Waals surface area contributed by atoms with Crippen LogP contribution in [0.4, 0.5) is 0 Å². The van der Waals surface area contributed by atoms with Crippen molar-refractivity contribution in [3.05, 3.63) is 89.3 Å². The third kappa shape index (κ3) is 2.72. The molecule has 1 aromatic heterocycles. The molecule has 3 nitrogen and oxygen atoms in total. The van der Waals surface area contributed by atoms with E-state index < -0.39 is 0 Å². The summed E-state index contributed by atoms with van der Waals surface area (Å²) in [6.45, 7) is 2.07. The van der Waals surface area contributed by atoms with Crippen LogP contribution in [-0.4, -0.2) is 11.0 Å². The van der Waals surface area contributed by atoms with Crippen LogP contribution >= 0.6 is 0 Å². The van der Waals surface area contributed by atoms with Gasteiger partial charge in [-0.25, -0.2) is 4.79 Å². The predicted molar refractivity (Wildman–Crippen MR) is 95.0 cm³/mol. The van der Waals surface area contributed by atoms with Gasteiger partial charge in [0.2, 0.25) is 0 Å². The van der Waals surface area contributed by atoms with Crippen molar-refractivity contribution in [2.24, 2.45) is 0 Å². The number of hydrogen-bond acceptors (Lipinski definition) is 3. The SMILES string of the molecule is Cc1ccc2cc(C3=CC(=Cc4ccncc4)C(=O)O3)ccc2c1. The lowest BCUT2D eigenvalue weighted by Crippen LogP contribution is -1.97. The van der Waals surface area contributed by atoms with Crippen molar-refractivity contribution in [3.63, 3.8) is 0 Å². The Morgan fingerprint density at radius 3 is 2.54 bits per heavy atom. The van der Waals surface area contributed by atoms with Crippen molar-refractivity contribution >= 4 is 28.6 Å². The average Bonchev–Trinajstić information content (AvgIpc) is 2.96. The molecule has 0 unspecified atom stereocenters. The highest BCUT2D eigenvalue weighted by molar-refractivity contribution is 6.05. The van der Waals surface area contributed by atoms with E-state index in [2.05, 4.69) is 36.2 Å². The van der Waals surface area contributed by atoms with Crippen LogP contribution in [0.1, 0.15) is 16.7 Å². The largest absolute Gasteiger partial charge is 0.422 e. The molecular weight excluding hydrogens is 298 g/mol. The molecule has 1 aliphatic heterocycles. The predicted octanol–water partition coefficient (Wildman–Crippen LogP) is 4.52. The molecule has 0 radical (unpaired) electrons. The molecule has 0 atom stereocenters. The monoisotopic (exact) mass is 313 g/mol. The quantitative estimate of drug-likeness (QED) is 0.515. The number of fused-ring (bicyclic) bond motifs is 1. The Bertz CT molecular complexity index is 1000. The first-order chi connectivity index (χ1) is 11.7. The summed E-state index contributed by atoms with van der Waals surface area (Å²) in [5.74, 6) is 0.258. The number of aromatic nitrogens is 1. The maximum atomic E-state index is 12.1. The highest BCUT2D eigenvalue weighted by Crippen LogP contribution is 2.29. The van der Waals surface area contributed by atoms with E-state index in [0.717, 1.165) is 16.5 Å². The van der Waals surface area contributed by atoms with Gasteiger partial charge in [-0.15, -0.1) is 0 Å². The highest BCUT2D eigenvalue weighted by Gasteiger charge is 2.22. The zero-order valence-corrected chi connectivity index (χ0v) is 13.2. The van der Waals surface area contributed by atoms with Gasteiger partial charge in [-0.3, -0.25) is 4.98 Å². The Labute approximate surface area is 139 Å². The van der Waals surface area contributed by atoms with E-state index in [0.29, 0.717) is 11.3 Å². The van der Waals surface area contributed by atoms with Gasteiger partial charge in [0.1, 0.15) is 5.76 Å². The number of carbonyl (C=O) groups excluding carboxylic acids is 1. The second-order valence-corrected chi connectivity index (χ2v) is 5.84. The standard InChI is InChI=1S/C21H15NO2/c1-14-2-3-17-12-18(5-4-16(17)10-14)20-13-19(21(23)24-20)11-15-6-8-22-9-7-15/h2-13H,1H3. The summed E-state index contributed by atoms with van der Waals surface area (Å²) in [5.41, 5.74) is 3.59. The van der Waals surface area contributed by atoms with Crippen molar-refractivity contribution in [1.29, 1.82) is 0 Å². The van der Waals surface area contributed by atoms with Gasteiger partial charge in [-0.05, 0) is 53.6 Å². The van der Waals surface area contributed by atoms with E-state index in [1.54, 1.807) is 24.5 Å². The summed E-state index contributed by atoms with van der Waals surface area (Å²) < 4.78 is 5.44. The second-order valence-electron chi connectivity index (χ2n) is 5.84. The molecule has 0 bridgehead atoms. The molecule has 0 spiro atoms. The first kappa shape index (κ1) is 14.4. The van der Waals surface area contributed by atoms with E-state index in [-0.39, 0.29) is 5.97 Å². The van der Waals surface area contributed by atoms with E-state index in [1.807, 2.05) is 24.3 Å². The van der Waals surface area contributed by atoms with Crippen LogP contribution in [-0.2, 0) is 9.53 Å². The van der Waals surface area contributed by atoms with Gasteiger partial charge in [0.05, 0.1) is 5.57 Å². The molecule has 3 aromatic rings. The fraction of sp³-hybridized carbons (Fsp3) is 0.0476. The van der Waals surface area contributed by atoms with Crippen molar-refractivity contribution < 1.29 is 9.53 Å². The molecule has 3 heteroatoms. The lowest BCUT2D eigenvalue weighted by Gasteiger charge is -2.05. The molecular formula is C21H15NO2. The number of ether oxygens (including phenoxy) is 1. The van der Waals surface area contributed by atoms with Gasteiger partial charge >= 0.3 is 5.97 Å². The number of aryl methyl sites for hydroxylation is 1. The fourth-order valence-electron chi connectivity index (χ4n) is 2.79. The number of rotatable bonds is 2. The van der Waals surface area contributed by atoms with Gasteiger partial charge in [-0.1, -0.05) is 35.9 Å². The smallest absolute Gasteiger partial charge is 0.343 e. The Kier molecular flexibility index (Phi) is 3.47. The number of nitrogens with zero attached hydrogens (tertiary/aromatic N) is 1. The Hall–Kier alpha value is -3.20. The number of esters is 1. The molecule has 0 N–H and O–H groups in total. The summed E-state index contributed by atoms with van der Waals surface area (Å²) >= 11 is 0. The molecule has 4 rings (SSSR count). The van der Waals surface area contributed by atoms with Crippen LogP contribution in [0.5, 0.6) is 0 Å². The van der Waals surface area contributed by atoms with Crippen LogP contribution < -0.4 is 0 Å². The fourth-order valence-corrected chi connectivity index (χ4v) is 2.79. The lowest BCUT2D eigenvalue weighted by atomic mass is 10.0. The number of pyridine rings is 1. The Balaban J connectivity index is 1.72. The van der Waals surface area contributed by atoms with Crippen LogP contribution in [0.15, 0.2) is 72.6 Å². The van der Waals surface area contributed by atoms with Gasteiger partial charge in [-0.2, -0.15) is 0 Å². The third-order valence-electron chi connectivity index (χ3n) is 4.03. The molecule has 2 heterocycles. The normalized spacial score (nSPS) is 15.6. The summed E-state index contributed by atoms with van der Waals surface area (Å²) in [4.78, 5) is 16.1. The third-order valence-corrected chi connectivity index (χ3v) is 4.03. The summed E-state index contributed by atoms with van der Waals surface area (Å²) in [5, 5.41) is 2.30. The molecule has 0 amide bonds. The van der Waals surface area contributed by atoms with E-state index in [9.17, 15) is 4.79 Å². The van der Waals surface area contributed by atoms with Gasteiger partial charge in [0.25, 0.3) is 0 Å². The minimum absolute atomic E-state index is 0.328. The first-order valence-corrected chi connectivity index (χ1v) is 7.75.